The first-order chi connectivity index (χ1) is 21.0. The molecule has 0 radical (unpaired) electrons. The molecule has 5 aromatic rings. The molecule has 6 nitrogen and oxygen atoms in total. The number of rotatable bonds is 11. The van der Waals surface area contributed by atoms with Gasteiger partial charge in [-0.1, -0.05) is 55.8 Å². The van der Waals surface area contributed by atoms with Crippen LogP contribution in [0.1, 0.15) is 69.6 Å². The maximum atomic E-state index is 13.6. The van der Waals surface area contributed by atoms with Gasteiger partial charge in [-0.3, -0.25) is 0 Å². The molecule has 2 aromatic heterocycles. The first kappa shape index (κ1) is 28.6. The highest BCUT2D eigenvalue weighted by atomic mass is 32.1. The van der Waals surface area contributed by atoms with Crippen molar-refractivity contribution in [2.75, 3.05) is 0 Å². The van der Waals surface area contributed by atoms with Crippen molar-refractivity contribution in [3.63, 3.8) is 0 Å². The van der Waals surface area contributed by atoms with Crippen molar-refractivity contribution < 1.29 is 19.4 Å². The van der Waals surface area contributed by atoms with Crippen LogP contribution in [0.2, 0.25) is 0 Å². The van der Waals surface area contributed by atoms with E-state index in [0.29, 0.717) is 35.5 Å². The molecule has 7 heteroatoms. The number of carbonyl (C=O) groups excluding carboxylic acids is 1. The molecule has 1 N–H and O–H groups in total. The second kappa shape index (κ2) is 12.8. The molecule has 0 aliphatic heterocycles. The van der Waals surface area contributed by atoms with E-state index in [0.717, 1.165) is 65.6 Å². The fraction of sp³-hybridized carbons (Fsp3) is 0.250. The Bertz CT molecular complexity index is 1820. The van der Waals surface area contributed by atoms with Gasteiger partial charge in [0, 0.05) is 36.0 Å². The van der Waals surface area contributed by atoms with Gasteiger partial charge in [-0.05, 0) is 88.9 Å². The van der Waals surface area contributed by atoms with E-state index in [2.05, 4.69) is 17.6 Å². The number of aromatic nitrogens is 2. The van der Waals surface area contributed by atoms with Crippen molar-refractivity contribution in [1.82, 2.24) is 9.55 Å². The lowest BCUT2D eigenvalue weighted by Crippen LogP contribution is -2.13. The molecule has 0 unspecified atom stereocenters. The van der Waals surface area contributed by atoms with E-state index >= 15 is 0 Å². The molecule has 0 atom stereocenters. The molecular formula is C36H34N2O4S. The van der Waals surface area contributed by atoms with Gasteiger partial charge in [0.05, 0.1) is 11.3 Å². The first-order valence-corrected chi connectivity index (χ1v) is 15.7. The normalized spacial score (nSPS) is 12.9. The summed E-state index contributed by atoms with van der Waals surface area (Å²) in [6.45, 7) is 2.69. The molecule has 0 fully saturated rings. The fourth-order valence-electron chi connectivity index (χ4n) is 5.83. The van der Waals surface area contributed by atoms with Crippen LogP contribution in [0.25, 0.3) is 16.8 Å². The summed E-state index contributed by atoms with van der Waals surface area (Å²) in [4.78, 5) is 31.4. The van der Waals surface area contributed by atoms with Gasteiger partial charge in [-0.25, -0.2) is 14.6 Å². The highest BCUT2D eigenvalue weighted by Gasteiger charge is 2.19. The zero-order valence-electron chi connectivity index (χ0n) is 24.2. The average molecular weight is 591 g/mol. The minimum atomic E-state index is -0.938. The van der Waals surface area contributed by atoms with Crippen LogP contribution in [-0.4, -0.2) is 26.6 Å². The standard InChI is InChI=1S/C36H34N2O4S/c1-2-3-13-34-37-28(23-38(34)22-26-15-17-33(35(39)40)32-12-5-4-11-31(26)32)19-27(21-30-10-7-18-43-30)36(41)42-29-16-14-24-8-6-9-25(24)20-29/h4-5,7,10-12,14-20,23H,2-3,6,8-9,13,21-22H2,1H3,(H,39,40). The third-order valence-corrected chi connectivity index (χ3v) is 8.90. The summed E-state index contributed by atoms with van der Waals surface area (Å²) < 4.78 is 8.04. The van der Waals surface area contributed by atoms with Gasteiger partial charge in [0.1, 0.15) is 11.6 Å². The quantitative estimate of drug-likeness (QED) is 0.0961. The van der Waals surface area contributed by atoms with Crippen LogP contribution in [0, 0.1) is 0 Å². The Labute approximate surface area is 255 Å². The van der Waals surface area contributed by atoms with Gasteiger partial charge >= 0.3 is 11.9 Å². The molecule has 0 spiro atoms. The van der Waals surface area contributed by atoms with Gasteiger partial charge in [-0.15, -0.1) is 11.3 Å². The molecule has 6 rings (SSSR count). The number of esters is 1. The Morgan fingerprint density at radius 1 is 1.02 bits per heavy atom. The number of ether oxygens (including phenoxy) is 1. The number of unbranched alkanes of at least 4 members (excludes halogenated alkanes) is 1. The van der Waals surface area contributed by atoms with Gasteiger partial charge in [0.2, 0.25) is 0 Å². The largest absolute Gasteiger partial charge is 0.478 e. The van der Waals surface area contributed by atoms with Crippen LogP contribution in [0.4, 0.5) is 0 Å². The molecule has 0 bridgehead atoms. The minimum absolute atomic E-state index is 0.292. The minimum Gasteiger partial charge on any atom is -0.478 e. The second-order valence-corrected chi connectivity index (χ2v) is 12.1. The fourth-order valence-corrected chi connectivity index (χ4v) is 6.56. The van der Waals surface area contributed by atoms with Crippen molar-refractivity contribution in [2.45, 2.75) is 58.4 Å². The SMILES string of the molecule is CCCCc1nc(C=C(Cc2cccs2)C(=O)Oc2ccc3c(c2)CCC3)cn1Cc1ccc(C(=O)O)c2ccccc12. The number of hydrogen-bond donors (Lipinski definition) is 1. The van der Waals surface area contributed by atoms with Gasteiger partial charge in [-0.2, -0.15) is 0 Å². The third-order valence-electron chi connectivity index (χ3n) is 8.03. The van der Waals surface area contributed by atoms with Crippen LogP contribution in [0.15, 0.2) is 83.9 Å². The van der Waals surface area contributed by atoms with E-state index in [1.54, 1.807) is 17.4 Å². The highest BCUT2D eigenvalue weighted by molar-refractivity contribution is 7.09. The van der Waals surface area contributed by atoms with E-state index in [1.165, 1.54) is 11.1 Å². The number of aryl methyl sites for hydroxylation is 3. The molecule has 0 saturated heterocycles. The molecule has 1 aliphatic carbocycles. The molecule has 2 heterocycles. The Hall–Kier alpha value is -4.49. The number of benzene rings is 3. The smallest absolute Gasteiger partial charge is 0.339 e. The van der Waals surface area contributed by atoms with E-state index in [-0.39, 0.29) is 5.97 Å². The molecular weight excluding hydrogens is 556 g/mol. The molecule has 0 saturated carbocycles. The Kier molecular flexibility index (Phi) is 8.52. The van der Waals surface area contributed by atoms with Crippen LogP contribution < -0.4 is 4.74 Å². The second-order valence-electron chi connectivity index (χ2n) is 11.0. The monoisotopic (exact) mass is 590 g/mol. The molecule has 43 heavy (non-hydrogen) atoms. The van der Waals surface area contributed by atoms with Crippen LogP contribution in [0.5, 0.6) is 5.75 Å². The summed E-state index contributed by atoms with van der Waals surface area (Å²) in [6.07, 6.45) is 10.4. The summed E-state index contributed by atoms with van der Waals surface area (Å²) >= 11 is 1.61. The Balaban J connectivity index is 1.34. The number of fused-ring (bicyclic) bond motifs is 2. The number of thiophene rings is 1. The predicted octanol–water partition coefficient (Wildman–Crippen LogP) is 7.91. The van der Waals surface area contributed by atoms with E-state index in [9.17, 15) is 14.7 Å². The summed E-state index contributed by atoms with van der Waals surface area (Å²) in [7, 11) is 0. The van der Waals surface area contributed by atoms with Gasteiger partial charge in [0.25, 0.3) is 0 Å². The maximum absolute atomic E-state index is 13.6. The number of hydrogen-bond acceptors (Lipinski definition) is 5. The Morgan fingerprint density at radius 2 is 1.86 bits per heavy atom. The number of imidazole rings is 1. The molecule has 3 aromatic carbocycles. The number of aromatic carboxylic acids is 1. The maximum Gasteiger partial charge on any atom is 0.339 e. The summed E-state index contributed by atoms with van der Waals surface area (Å²) in [5.74, 6) is 0.202. The van der Waals surface area contributed by atoms with Gasteiger partial charge in [0.15, 0.2) is 0 Å². The zero-order chi connectivity index (χ0) is 29.8. The molecule has 1 aliphatic rings. The van der Waals surface area contributed by atoms with E-state index in [1.807, 2.05) is 72.3 Å². The van der Waals surface area contributed by atoms with Crippen molar-refractivity contribution in [2.24, 2.45) is 0 Å². The Morgan fingerprint density at radius 3 is 2.65 bits per heavy atom. The van der Waals surface area contributed by atoms with Crippen LogP contribution >= 0.6 is 11.3 Å². The predicted molar refractivity (Wildman–Crippen MR) is 171 cm³/mol. The number of carboxylic acid groups (broad SMARTS) is 1. The first-order valence-electron chi connectivity index (χ1n) is 14.9. The summed E-state index contributed by atoms with van der Waals surface area (Å²) in [6, 6.07) is 21.2. The highest BCUT2D eigenvalue weighted by Crippen LogP contribution is 2.28. The lowest BCUT2D eigenvalue weighted by Gasteiger charge is -2.12. The van der Waals surface area contributed by atoms with Crippen LogP contribution in [0.3, 0.4) is 0 Å². The molecule has 0 amide bonds. The van der Waals surface area contributed by atoms with Crippen molar-refractivity contribution in [3.05, 3.63) is 123 Å². The number of nitrogens with zero attached hydrogens (tertiary/aromatic N) is 2. The van der Waals surface area contributed by atoms with Crippen molar-refractivity contribution in [1.29, 1.82) is 0 Å². The van der Waals surface area contributed by atoms with Crippen molar-refractivity contribution in [3.8, 4) is 5.75 Å². The third kappa shape index (κ3) is 6.47. The number of carbonyl (C=O) groups is 2. The average Bonchev–Trinajstić information content (AvgIpc) is 3.77. The number of carboxylic acids is 1. The lowest BCUT2D eigenvalue weighted by molar-refractivity contribution is -0.130. The molecule has 218 valence electrons. The lowest BCUT2D eigenvalue weighted by atomic mass is 9.99. The van der Waals surface area contributed by atoms with Crippen LogP contribution in [-0.2, 0) is 37.0 Å². The van der Waals surface area contributed by atoms with Crippen molar-refractivity contribution >= 4 is 40.1 Å². The van der Waals surface area contributed by atoms with E-state index in [4.69, 9.17) is 9.72 Å². The van der Waals surface area contributed by atoms with Gasteiger partial charge < -0.3 is 14.4 Å². The van der Waals surface area contributed by atoms with E-state index < -0.39 is 5.97 Å². The summed E-state index contributed by atoms with van der Waals surface area (Å²) in [5, 5.41) is 13.3. The topological polar surface area (TPSA) is 81.4 Å². The summed E-state index contributed by atoms with van der Waals surface area (Å²) in [5.41, 5.74) is 5.16. The zero-order valence-corrected chi connectivity index (χ0v) is 25.0.